The molecular weight excluding hydrogens is 182 g/mol. The maximum atomic E-state index is 13.5. The number of halogens is 2. The maximum Gasteiger partial charge on any atom is 0.130 e. The van der Waals surface area contributed by atoms with Gasteiger partial charge >= 0.3 is 0 Å². The van der Waals surface area contributed by atoms with Crippen molar-refractivity contribution >= 4 is 0 Å². The van der Waals surface area contributed by atoms with Gasteiger partial charge in [0, 0.05) is 0 Å². The Kier molecular flexibility index (Phi) is 2.66. The highest BCUT2D eigenvalue weighted by molar-refractivity contribution is 5.29. The van der Waals surface area contributed by atoms with E-state index in [1.807, 2.05) is 0 Å². The molecule has 0 aliphatic rings. The molecule has 0 unspecified atom stereocenters. The molecule has 78 valence electrons. The van der Waals surface area contributed by atoms with E-state index in [-0.39, 0.29) is 0 Å². The summed E-state index contributed by atoms with van der Waals surface area (Å²) in [4.78, 5) is 0. The molecule has 0 heterocycles. The highest BCUT2D eigenvalue weighted by atomic mass is 19.1. The third-order valence-electron chi connectivity index (χ3n) is 2.26. The van der Waals surface area contributed by atoms with Crippen LogP contribution in [-0.2, 0) is 11.3 Å². The lowest BCUT2D eigenvalue weighted by molar-refractivity contribution is 0.215. The molecular formula is C12H16F2. The summed E-state index contributed by atoms with van der Waals surface area (Å²) in [5.41, 5.74) is -1.58. The number of hydrogen-bond donors (Lipinski definition) is 0. The average Bonchev–Trinajstić information content (AvgIpc) is 2.01. The number of benzene rings is 1. The van der Waals surface area contributed by atoms with Crippen molar-refractivity contribution in [2.24, 2.45) is 0 Å². The number of hydrogen-bond acceptors (Lipinski definition) is 0. The van der Waals surface area contributed by atoms with Gasteiger partial charge in [0.05, 0.1) is 0 Å². The third-order valence-corrected chi connectivity index (χ3v) is 2.26. The molecule has 0 aromatic heterocycles. The highest BCUT2D eigenvalue weighted by Crippen LogP contribution is 2.29. The average molecular weight is 198 g/mol. The van der Waals surface area contributed by atoms with E-state index in [1.165, 1.54) is 27.7 Å². The van der Waals surface area contributed by atoms with Gasteiger partial charge in [-0.2, -0.15) is 0 Å². The Labute approximate surface area is 84.0 Å². The molecule has 0 aliphatic heterocycles. The molecule has 0 spiro atoms. The molecule has 0 saturated carbocycles. The molecule has 0 aliphatic carbocycles. The second kappa shape index (κ2) is 3.34. The maximum absolute atomic E-state index is 13.5. The highest BCUT2D eigenvalue weighted by Gasteiger charge is 2.22. The molecule has 1 aromatic carbocycles. The third kappa shape index (κ3) is 2.53. The fourth-order valence-electron chi connectivity index (χ4n) is 1.26. The SMILES string of the molecule is CC(C)(F)c1ccc(C(C)(C)F)cc1. The van der Waals surface area contributed by atoms with Gasteiger partial charge in [-0.05, 0) is 38.8 Å². The van der Waals surface area contributed by atoms with Crippen molar-refractivity contribution in [1.29, 1.82) is 0 Å². The first-order valence-electron chi connectivity index (χ1n) is 4.70. The van der Waals surface area contributed by atoms with Gasteiger partial charge in [-0.15, -0.1) is 0 Å². The van der Waals surface area contributed by atoms with Crippen LogP contribution in [0.3, 0.4) is 0 Å². The minimum atomic E-state index is -1.36. The van der Waals surface area contributed by atoms with Crippen LogP contribution in [0.5, 0.6) is 0 Å². The summed E-state index contributed by atoms with van der Waals surface area (Å²) < 4.78 is 26.9. The van der Waals surface area contributed by atoms with Crippen LogP contribution in [0.25, 0.3) is 0 Å². The lowest BCUT2D eigenvalue weighted by Crippen LogP contribution is -2.12. The Hall–Kier alpha value is -0.920. The van der Waals surface area contributed by atoms with Crippen LogP contribution in [0.1, 0.15) is 38.8 Å². The largest absolute Gasteiger partial charge is 0.239 e. The van der Waals surface area contributed by atoms with Gasteiger partial charge in [0.1, 0.15) is 11.3 Å². The fraction of sp³-hybridized carbons (Fsp3) is 0.500. The molecule has 1 rings (SSSR count). The molecule has 0 nitrogen and oxygen atoms in total. The van der Waals surface area contributed by atoms with E-state index < -0.39 is 11.3 Å². The molecule has 0 radical (unpaired) electrons. The minimum absolute atomic E-state index is 0.575. The quantitative estimate of drug-likeness (QED) is 0.671. The Morgan fingerprint density at radius 3 is 1.07 bits per heavy atom. The molecule has 0 amide bonds. The monoisotopic (exact) mass is 198 g/mol. The van der Waals surface area contributed by atoms with Crippen molar-refractivity contribution in [3.05, 3.63) is 35.4 Å². The summed E-state index contributed by atoms with van der Waals surface area (Å²) in [5.74, 6) is 0. The smallest absolute Gasteiger partial charge is 0.130 e. The van der Waals surface area contributed by atoms with Crippen LogP contribution in [0, 0.1) is 0 Å². The summed E-state index contributed by atoms with van der Waals surface area (Å²) in [5, 5.41) is 0. The zero-order chi connectivity index (χ0) is 11.0. The normalized spacial score (nSPS) is 13.0. The zero-order valence-electron chi connectivity index (χ0n) is 9.07. The van der Waals surface area contributed by atoms with Gasteiger partial charge in [0.15, 0.2) is 0 Å². The molecule has 0 saturated heterocycles. The second-order valence-electron chi connectivity index (χ2n) is 4.52. The predicted molar refractivity (Wildman–Crippen MR) is 54.7 cm³/mol. The molecule has 2 heteroatoms. The van der Waals surface area contributed by atoms with Crippen molar-refractivity contribution in [3.63, 3.8) is 0 Å². The van der Waals surface area contributed by atoms with Crippen LogP contribution in [0.15, 0.2) is 24.3 Å². The predicted octanol–water partition coefficient (Wildman–Crippen LogP) is 4.10. The molecule has 0 fully saturated rings. The van der Waals surface area contributed by atoms with E-state index in [2.05, 4.69) is 0 Å². The van der Waals surface area contributed by atoms with Gasteiger partial charge in [-0.25, -0.2) is 8.78 Å². The molecule has 1 aromatic rings. The van der Waals surface area contributed by atoms with E-state index in [4.69, 9.17) is 0 Å². The standard InChI is InChI=1S/C12H16F2/c1-11(2,13)9-5-7-10(8-6-9)12(3,4)14/h5-8H,1-4H3. The minimum Gasteiger partial charge on any atom is -0.239 e. The summed E-state index contributed by atoms with van der Waals surface area (Å²) in [7, 11) is 0. The lowest BCUT2D eigenvalue weighted by atomic mass is 9.94. The van der Waals surface area contributed by atoms with E-state index in [0.29, 0.717) is 11.1 Å². The number of rotatable bonds is 2. The van der Waals surface area contributed by atoms with Crippen molar-refractivity contribution < 1.29 is 8.78 Å². The van der Waals surface area contributed by atoms with E-state index >= 15 is 0 Å². The Bertz CT molecular complexity index is 266. The molecule has 14 heavy (non-hydrogen) atoms. The van der Waals surface area contributed by atoms with E-state index in [1.54, 1.807) is 24.3 Å². The summed E-state index contributed by atoms with van der Waals surface area (Å²) in [6.07, 6.45) is 0. The van der Waals surface area contributed by atoms with Gasteiger partial charge in [-0.1, -0.05) is 24.3 Å². The first-order chi connectivity index (χ1) is 6.21. The Morgan fingerprint density at radius 2 is 0.929 bits per heavy atom. The topological polar surface area (TPSA) is 0 Å². The van der Waals surface area contributed by atoms with Gasteiger partial charge in [0.25, 0.3) is 0 Å². The summed E-state index contributed by atoms with van der Waals surface area (Å²) in [6, 6.07) is 6.54. The van der Waals surface area contributed by atoms with Gasteiger partial charge < -0.3 is 0 Å². The van der Waals surface area contributed by atoms with E-state index in [0.717, 1.165) is 0 Å². The van der Waals surface area contributed by atoms with Crippen molar-refractivity contribution in [2.75, 3.05) is 0 Å². The van der Waals surface area contributed by atoms with Gasteiger partial charge in [0.2, 0.25) is 0 Å². The number of alkyl halides is 2. The van der Waals surface area contributed by atoms with Crippen LogP contribution in [0.2, 0.25) is 0 Å². The first-order valence-corrected chi connectivity index (χ1v) is 4.70. The fourth-order valence-corrected chi connectivity index (χ4v) is 1.26. The van der Waals surface area contributed by atoms with Crippen LogP contribution in [0.4, 0.5) is 8.78 Å². The second-order valence-corrected chi connectivity index (χ2v) is 4.52. The Morgan fingerprint density at radius 1 is 0.714 bits per heavy atom. The molecule has 0 bridgehead atoms. The van der Waals surface area contributed by atoms with Crippen LogP contribution >= 0.6 is 0 Å². The molecule has 0 atom stereocenters. The van der Waals surface area contributed by atoms with Crippen molar-refractivity contribution in [3.8, 4) is 0 Å². The van der Waals surface area contributed by atoms with E-state index in [9.17, 15) is 8.78 Å². The lowest BCUT2D eigenvalue weighted by Gasteiger charge is -2.18. The van der Waals surface area contributed by atoms with Crippen LogP contribution < -0.4 is 0 Å². The van der Waals surface area contributed by atoms with Crippen molar-refractivity contribution in [1.82, 2.24) is 0 Å². The first kappa shape index (κ1) is 11.2. The molecule has 0 N–H and O–H groups in total. The Balaban J connectivity index is 3.02. The van der Waals surface area contributed by atoms with Crippen LogP contribution in [-0.4, -0.2) is 0 Å². The zero-order valence-corrected chi connectivity index (χ0v) is 9.07. The van der Waals surface area contributed by atoms with Crippen molar-refractivity contribution in [2.45, 2.75) is 39.0 Å². The summed E-state index contributed by atoms with van der Waals surface area (Å²) in [6.45, 7) is 5.95. The summed E-state index contributed by atoms with van der Waals surface area (Å²) >= 11 is 0. The van der Waals surface area contributed by atoms with Gasteiger partial charge in [-0.3, -0.25) is 0 Å².